The van der Waals surface area contributed by atoms with E-state index in [-0.39, 0.29) is 10.8 Å². The Labute approximate surface area is 227 Å². The number of nitrogens with one attached hydrogen (secondary N) is 2. The number of rotatable bonds is 13. The molecule has 1 amide bonds. The van der Waals surface area contributed by atoms with Crippen LogP contribution in [0.3, 0.4) is 0 Å². The van der Waals surface area contributed by atoms with Crippen molar-refractivity contribution in [2.45, 2.75) is 55.5 Å². The molecular weight excluding hydrogens is 526 g/mol. The molecule has 1 aliphatic heterocycles. The molecule has 0 unspecified atom stereocenters. The molecule has 0 bridgehead atoms. The third kappa shape index (κ3) is 6.82. The number of carbonyl (C=O) groups is 1. The zero-order valence-electron chi connectivity index (χ0n) is 22.0. The fourth-order valence-electron chi connectivity index (χ4n) is 4.12. The van der Waals surface area contributed by atoms with Gasteiger partial charge in [0.2, 0.25) is 10.0 Å². The number of hydrogen-bond donors (Lipinski definition) is 2. The number of nitrogens with zero attached hydrogens (tertiary/aromatic N) is 5. The maximum Gasteiger partial charge on any atom is 0.251 e. The van der Waals surface area contributed by atoms with Crippen molar-refractivity contribution in [1.82, 2.24) is 29.4 Å². The lowest BCUT2D eigenvalue weighted by Gasteiger charge is -2.15. The van der Waals surface area contributed by atoms with Crippen LogP contribution in [0, 0.1) is 0 Å². The molecule has 38 heavy (non-hydrogen) atoms. The lowest BCUT2D eigenvalue weighted by Crippen LogP contribution is -2.29. The normalized spacial score (nSPS) is 14.4. The van der Waals surface area contributed by atoms with E-state index >= 15 is 0 Å². The van der Waals surface area contributed by atoms with Crippen LogP contribution in [0.25, 0.3) is 11.0 Å². The number of carbonyl (C=O) groups excluding carboxylic acids is 1. The van der Waals surface area contributed by atoms with E-state index in [2.05, 4.69) is 34.6 Å². The van der Waals surface area contributed by atoms with Crippen LogP contribution < -0.4 is 10.6 Å². The Bertz CT molecular complexity index is 1340. The van der Waals surface area contributed by atoms with E-state index in [1.54, 1.807) is 34.8 Å². The highest BCUT2D eigenvalue weighted by atomic mass is 32.2. The third-order valence-electron chi connectivity index (χ3n) is 5.99. The Morgan fingerprint density at radius 2 is 1.87 bits per heavy atom. The van der Waals surface area contributed by atoms with Crippen molar-refractivity contribution < 1.29 is 17.9 Å². The molecule has 13 heteroatoms. The number of aromatic nitrogens is 4. The first-order chi connectivity index (χ1) is 18.3. The molecule has 11 nitrogen and oxygen atoms in total. The largest absolute Gasteiger partial charge is 0.380 e. The zero-order chi connectivity index (χ0) is 27.1. The molecule has 0 radical (unpaired) electrons. The van der Waals surface area contributed by atoms with Gasteiger partial charge < -0.3 is 15.4 Å². The van der Waals surface area contributed by atoms with Crippen LogP contribution in [0.2, 0.25) is 0 Å². The van der Waals surface area contributed by atoms with Gasteiger partial charge in [0.15, 0.2) is 10.8 Å². The smallest absolute Gasteiger partial charge is 0.251 e. The summed E-state index contributed by atoms with van der Waals surface area (Å²) in [7, 11) is -3.51. The minimum atomic E-state index is -3.51. The molecule has 2 N–H and O–H groups in total. The van der Waals surface area contributed by atoms with Crippen LogP contribution >= 0.6 is 11.8 Å². The van der Waals surface area contributed by atoms with Gasteiger partial charge in [-0.3, -0.25) is 4.79 Å². The predicted octanol–water partition coefficient (Wildman–Crippen LogP) is 2.99. The fourth-order valence-corrected chi connectivity index (χ4v) is 6.34. The summed E-state index contributed by atoms with van der Waals surface area (Å²) < 4.78 is 34.1. The summed E-state index contributed by atoms with van der Waals surface area (Å²) in [6.07, 6.45) is 3.48. The zero-order valence-corrected chi connectivity index (χ0v) is 23.6. The van der Waals surface area contributed by atoms with Crippen LogP contribution in [0.1, 0.15) is 44.0 Å². The molecule has 1 aliphatic rings. The second kappa shape index (κ2) is 12.9. The van der Waals surface area contributed by atoms with Crippen molar-refractivity contribution in [2.24, 2.45) is 0 Å². The van der Waals surface area contributed by atoms with Gasteiger partial charge in [-0.2, -0.15) is 9.40 Å². The van der Waals surface area contributed by atoms with E-state index in [0.29, 0.717) is 73.4 Å². The molecule has 1 aromatic carbocycles. The molecular formula is C25H35N7O4S2. The Balaban J connectivity index is 1.41. The topological polar surface area (TPSA) is 131 Å². The molecule has 206 valence electrons. The standard InChI is InChI=1S/C25H35N7O4S2/c1-4-36-16-12-26-22-21-17-28-32(23(21)30-25(29-22)37-18(2)3)15-11-27-24(33)19-7-9-20(10-8-19)38(34,35)31-13-5-6-14-31/h7-10,17-18H,4-6,11-16H2,1-3H3,(H,27,33)(H,26,29,30). The van der Waals surface area contributed by atoms with Gasteiger partial charge in [0.25, 0.3) is 5.91 Å². The minimum Gasteiger partial charge on any atom is -0.380 e. The highest BCUT2D eigenvalue weighted by molar-refractivity contribution is 7.99. The molecule has 0 saturated carbocycles. The Hall–Kier alpha value is -2.74. The number of hydrogen-bond acceptors (Lipinski definition) is 9. The summed E-state index contributed by atoms with van der Waals surface area (Å²) in [4.78, 5) is 22.3. The Kier molecular flexibility index (Phi) is 9.58. The summed E-state index contributed by atoms with van der Waals surface area (Å²) in [5.41, 5.74) is 1.09. The summed E-state index contributed by atoms with van der Waals surface area (Å²) in [5, 5.41) is 12.5. The first kappa shape index (κ1) is 28.3. The Morgan fingerprint density at radius 3 is 2.55 bits per heavy atom. The number of thioether (sulfide) groups is 1. The molecule has 1 saturated heterocycles. The van der Waals surface area contributed by atoms with Crippen molar-refractivity contribution >= 4 is 44.5 Å². The van der Waals surface area contributed by atoms with Gasteiger partial charge in [-0.15, -0.1) is 0 Å². The quantitative estimate of drug-likeness (QED) is 0.184. The summed E-state index contributed by atoms with van der Waals surface area (Å²) in [6, 6.07) is 6.08. The summed E-state index contributed by atoms with van der Waals surface area (Å²) >= 11 is 1.57. The monoisotopic (exact) mass is 561 g/mol. The first-order valence-electron chi connectivity index (χ1n) is 12.9. The molecule has 3 aromatic rings. The van der Waals surface area contributed by atoms with Gasteiger partial charge in [0, 0.05) is 43.6 Å². The lowest BCUT2D eigenvalue weighted by atomic mass is 10.2. The fraction of sp³-hybridized carbons (Fsp3) is 0.520. The van der Waals surface area contributed by atoms with Crippen molar-refractivity contribution in [3.8, 4) is 0 Å². The maximum absolute atomic E-state index is 12.7. The van der Waals surface area contributed by atoms with Crippen LogP contribution in [0.15, 0.2) is 40.5 Å². The molecule has 0 spiro atoms. The van der Waals surface area contributed by atoms with Crippen LogP contribution in [0.5, 0.6) is 0 Å². The van der Waals surface area contributed by atoms with Gasteiger partial charge in [-0.25, -0.2) is 23.1 Å². The number of fused-ring (bicyclic) bond motifs is 1. The van der Waals surface area contributed by atoms with Gasteiger partial charge in [0.05, 0.1) is 29.6 Å². The number of benzene rings is 1. The minimum absolute atomic E-state index is 0.208. The van der Waals surface area contributed by atoms with E-state index in [1.165, 1.54) is 16.4 Å². The highest BCUT2D eigenvalue weighted by Crippen LogP contribution is 2.26. The number of anilines is 1. The van der Waals surface area contributed by atoms with Crippen molar-refractivity contribution in [1.29, 1.82) is 0 Å². The SMILES string of the molecule is CCOCCNc1nc(SC(C)C)nc2c1cnn2CCNC(=O)c1ccc(S(=O)(=O)N2CCCC2)cc1. The van der Waals surface area contributed by atoms with Crippen molar-refractivity contribution in [3.63, 3.8) is 0 Å². The van der Waals surface area contributed by atoms with Crippen molar-refractivity contribution in [3.05, 3.63) is 36.0 Å². The van der Waals surface area contributed by atoms with Crippen LogP contribution in [0.4, 0.5) is 5.82 Å². The third-order valence-corrected chi connectivity index (χ3v) is 8.77. The Morgan fingerprint density at radius 1 is 1.13 bits per heavy atom. The number of ether oxygens (including phenoxy) is 1. The molecule has 4 rings (SSSR count). The van der Waals surface area contributed by atoms with Crippen molar-refractivity contribution in [2.75, 3.05) is 44.7 Å². The molecule has 2 aromatic heterocycles. The molecule has 0 aliphatic carbocycles. The first-order valence-corrected chi connectivity index (χ1v) is 15.2. The van der Waals surface area contributed by atoms with E-state index in [9.17, 15) is 13.2 Å². The van der Waals surface area contributed by atoms with E-state index in [1.807, 2.05) is 6.92 Å². The van der Waals surface area contributed by atoms with Crippen LogP contribution in [-0.2, 0) is 21.3 Å². The van der Waals surface area contributed by atoms with E-state index in [0.717, 1.165) is 18.2 Å². The molecule has 3 heterocycles. The number of sulfonamides is 1. The molecule has 1 fully saturated rings. The average molecular weight is 562 g/mol. The second-order valence-corrected chi connectivity index (χ2v) is 12.6. The van der Waals surface area contributed by atoms with E-state index < -0.39 is 10.0 Å². The average Bonchev–Trinajstić information content (AvgIpc) is 3.58. The summed E-state index contributed by atoms with van der Waals surface area (Å²) in [5.74, 6) is 0.424. The number of amides is 1. The highest BCUT2D eigenvalue weighted by Gasteiger charge is 2.27. The summed E-state index contributed by atoms with van der Waals surface area (Å²) in [6.45, 7) is 9.79. The van der Waals surface area contributed by atoms with Gasteiger partial charge in [0.1, 0.15) is 5.82 Å². The maximum atomic E-state index is 12.7. The van der Waals surface area contributed by atoms with Gasteiger partial charge >= 0.3 is 0 Å². The van der Waals surface area contributed by atoms with Gasteiger partial charge in [-0.05, 0) is 44.0 Å². The lowest BCUT2D eigenvalue weighted by molar-refractivity contribution is 0.0952. The van der Waals surface area contributed by atoms with Crippen LogP contribution in [-0.4, -0.2) is 83.0 Å². The van der Waals surface area contributed by atoms with Gasteiger partial charge in [-0.1, -0.05) is 25.6 Å². The molecule has 0 atom stereocenters. The van der Waals surface area contributed by atoms with E-state index in [4.69, 9.17) is 9.72 Å². The second-order valence-electron chi connectivity index (χ2n) is 9.14. The predicted molar refractivity (Wildman–Crippen MR) is 148 cm³/mol.